The SMILES string of the molecule is O=C1c2ccccc2CN1c1ccc2c(c1)OCCO2. The third kappa shape index (κ3) is 1.65. The lowest BCUT2D eigenvalue weighted by Crippen LogP contribution is -2.23. The second-order valence-corrected chi connectivity index (χ2v) is 4.88. The summed E-state index contributed by atoms with van der Waals surface area (Å²) in [5.41, 5.74) is 2.69. The maximum Gasteiger partial charge on any atom is 0.258 e. The van der Waals surface area contributed by atoms with Crippen LogP contribution in [0, 0.1) is 0 Å². The van der Waals surface area contributed by atoms with Crippen LogP contribution in [0.2, 0.25) is 0 Å². The number of hydrogen-bond acceptors (Lipinski definition) is 3. The Morgan fingerprint density at radius 2 is 1.75 bits per heavy atom. The van der Waals surface area contributed by atoms with E-state index in [1.165, 1.54) is 0 Å². The van der Waals surface area contributed by atoms with E-state index < -0.39 is 0 Å². The number of rotatable bonds is 1. The fourth-order valence-electron chi connectivity index (χ4n) is 2.66. The lowest BCUT2D eigenvalue weighted by Gasteiger charge is -2.22. The Bertz CT molecular complexity index is 696. The molecule has 2 aromatic carbocycles. The topological polar surface area (TPSA) is 38.8 Å². The van der Waals surface area contributed by atoms with Gasteiger partial charge < -0.3 is 14.4 Å². The van der Waals surface area contributed by atoms with Gasteiger partial charge in [-0.1, -0.05) is 18.2 Å². The van der Waals surface area contributed by atoms with Crippen molar-refractivity contribution in [1.82, 2.24) is 0 Å². The van der Waals surface area contributed by atoms with E-state index in [-0.39, 0.29) is 5.91 Å². The summed E-state index contributed by atoms with van der Waals surface area (Å²) < 4.78 is 11.1. The van der Waals surface area contributed by atoms with Gasteiger partial charge in [0, 0.05) is 17.3 Å². The van der Waals surface area contributed by atoms with E-state index >= 15 is 0 Å². The molecule has 4 heteroatoms. The van der Waals surface area contributed by atoms with Crippen molar-refractivity contribution in [3.63, 3.8) is 0 Å². The Labute approximate surface area is 116 Å². The van der Waals surface area contributed by atoms with Gasteiger partial charge in [-0.05, 0) is 23.8 Å². The average molecular weight is 267 g/mol. The first-order chi connectivity index (χ1) is 9.83. The van der Waals surface area contributed by atoms with Crippen LogP contribution in [-0.2, 0) is 6.54 Å². The van der Waals surface area contributed by atoms with Gasteiger partial charge in [0.25, 0.3) is 5.91 Å². The van der Waals surface area contributed by atoms with Crippen molar-refractivity contribution in [2.75, 3.05) is 18.1 Å². The van der Waals surface area contributed by atoms with E-state index in [1.54, 1.807) is 4.90 Å². The highest BCUT2D eigenvalue weighted by Crippen LogP contribution is 2.36. The molecule has 0 atom stereocenters. The van der Waals surface area contributed by atoms with Gasteiger partial charge in [0.05, 0.1) is 6.54 Å². The van der Waals surface area contributed by atoms with Crippen molar-refractivity contribution < 1.29 is 14.3 Å². The Balaban J connectivity index is 1.71. The molecule has 1 amide bonds. The zero-order chi connectivity index (χ0) is 13.5. The Morgan fingerprint density at radius 3 is 2.60 bits per heavy atom. The smallest absolute Gasteiger partial charge is 0.258 e. The molecular formula is C16H13NO3. The van der Waals surface area contributed by atoms with E-state index in [4.69, 9.17) is 9.47 Å². The van der Waals surface area contributed by atoms with Gasteiger partial charge in [0.1, 0.15) is 13.2 Å². The van der Waals surface area contributed by atoms with Gasteiger partial charge in [0.2, 0.25) is 0 Å². The monoisotopic (exact) mass is 267 g/mol. The molecule has 0 aromatic heterocycles. The molecular weight excluding hydrogens is 254 g/mol. The third-order valence-electron chi connectivity index (χ3n) is 3.66. The van der Waals surface area contributed by atoms with Gasteiger partial charge in [-0.2, -0.15) is 0 Å². The van der Waals surface area contributed by atoms with Crippen LogP contribution in [0.5, 0.6) is 11.5 Å². The number of nitrogens with zero attached hydrogens (tertiary/aromatic N) is 1. The normalized spacial score (nSPS) is 16.2. The fourth-order valence-corrected chi connectivity index (χ4v) is 2.66. The zero-order valence-corrected chi connectivity index (χ0v) is 10.8. The molecule has 0 aliphatic carbocycles. The van der Waals surface area contributed by atoms with Crippen molar-refractivity contribution in [1.29, 1.82) is 0 Å². The number of hydrogen-bond donors (Lipinski definition) is 0. The van der Waals surface area contributed by atoms with Crippen LogP contribution in [-0.4, -0.2) is 19.1 Å². The van der Waals surface area contributed by atoms with Crippen LogP contribution in [0.25, 0.3) is 0 Å². The minimum absolute atomic E-state index is 0.0391. The molecule has 4 nitrogen and oxygen atoms in total. The first-order valence-electron chi connectivity index (χ1n) is 6.62. The first kappa shape index (κ1) is 11.3. The lowest BCUT2D eigenvalue weighted by molar-refractivity contribution is 0.0996. The van der Waals surface area contributed by atoms with Gasteiger partial charge in [-0.15, -0.1) is 0 Å². The number of carbonyl (C=O) groups is 1. The predicted molar refractivity (Wildman–Crippen MR) is 74.4 cm³/mol. The van der Waals surface area contributed by atoms with E-state index in [2.05, 4.69) is 0 Å². The Kier molecular flexibility index (Phi) is 2.42. The van der Waals surface area contributed by atoms with Crippen molar-refractivity contribution in [3.05, 3.63) is 53.6 Å². The second kappa shape index (κ2) is 4.27. The Hall–Kier alpha value is -2.49. The van der Waals surface area contributed by atoms with Crippen LogP contribution < -0.4 is 14.4 Å². The fraction of sp³-hybridized carbons (Fsp3) is 0.188. The standard InChI is InChI=1S/C16H13NO3/c18-16-13-4-2-1-3-11(13)10-17(16)12-5-6-14-15(9-12)20-8-7-19-14/h1-6,9H,7-8,10H2. The third-order valence-corrected chi connectivity index (χ3v) is 3.66. The summed E-state index contributed by atoms with van der Waals surface area (Å²) >= 11 is 0. The number of amides is 1. The molecule has 0 saturated carbocycles. The van der Waals surface area contributed by atoms with Gasteiger partial charge in [-0.25, -0.2) is 0 Å². The first-order valence-corrected chi connectivity index (χ1v) is 6.62. The summed E-state index contributed by atoms with van der Waals surface area (Å²) in [4.78, 5) is 14.2. The van der Waals surface area contributed by atoms with Crippen molar-refractivity contribution in [2.24, 2.45) is 0 Å². The molecule has 0 bridgehead atoms. The molecule has 0 N–H and O–H groups in total. The highest BCUT2D eigenvalue weighted by atomic mass is 16.6. The average Bonchev–Trinajstić information content (AvgIpc) is 2.84. The quantitative estimate of drug-likeness (QED) is 0.797. The summed E-state index contributed by atoms with van der Waals surface area (Å²) in [5.74, 6) is 1.49. The lowest BCUT2D eigenvalue weighted by atomic mass is 10.1. The molecule has 20 heavy (non-hydrogen) atoms. The van der Waals surface area contributed by atoms with Crippen LogP contribution >= 0.6 is 0 Å². The van der Waals surface area contributed by atoms with Gasteiger partial charge in [0.15, 0.2) is 11.5 Å². The molecule has 4 rings (SSSR count). The molecule has 2 aliphatic heterocycles. The van der Waals surface area contributed by atoms with Crippen molar-refractivity contribution in [2.45, 2.75) is 6.54 Å². The largest absolute Gasteiger partial charge is 0.486 e. The number of ether oxygens (including phenoxy) is 2. The summed E-state index contributed by atoms with van der Waals surface area (Å²) in [6.45, 7) is 1.72. The molecule has 2 aliphatic rings. The number of anilines is 1. The van der Waals surface area contributed by atoms with Crippen molar-refractivity contribution >= 4 is 11.6 Å². The minimum atomic E-state index is 0.0391. The van der Waals surface area contributed by atoms with E-state index in [0.29, 0.717) is 25.5 Å². The molecule has 0 spiro atoms. The molecule has 0 saturated heterocycles. The molecule has 0 radical (unpaired) electrons. The van der Waals surface area contributed by atoms with Crippen LogP contribution in [0.3, 0.4) is 0 Å². The number of benzene rings is 2. The Morgan fingerprint density at radius 1 is 0.950 bits per heavy atom. The molecule has 0 unspecified atom stereocenters. The highest BCUT2D eigenvalue weighted by Gasteiger charge is 2.28. The predicted octanol–water partition coefficient (Wildman–Crippen LogP) is 2.62. The summed E-state index contributed by atoms with van der Waals surface area (Å²) in [7, 11) is 0. The second-order valence-electron chi connectivity index (χ2n) is 4.88. The highest BCUT2D eigenvalue weighted by molar-refractivity contribution is 6.10. The molecule has 2 heterocycles. The molecule has 2 aromatic rings. The van der Waals surface area contributed by atoms with E-state index in [9.17, 15) is 4.79 Å². The molecule has 0 fully saturated rings. The van der Waals surface area contributed by atoms with Crippen LogP contribution in [0.4, 0.5) is 5.69 Å². The summed E-state index contributed by atoms with van der Waals surface area (Å²) in [6.07, 6.45) is 0. The zero-order valence-electron chi connectivity index (χ0n) is 10.8. The maximum atomic E-state index is 12.4. The minimum Gasteiger partial charge on any atom is -0.486 e. The van der Waals surface area contributed by atoms with Crippen molar-refractivity contribution in [3.8, 4) is 11.5 Å². The molecule has 100 valence electrons. The van der Waals surface area contributed by atoms with Gasteiger partial charge >= 0.3 is 0 Å². The van der Waals surface area contributed by atoms with E-state index in [1.807, 2.05) is 42.5 Å². The number of carbonyl (C=O) groups excluding carboxylic acids is 1. The van der Waals surface area contributed by atoms with Gasteiger partial charge in [-0.3, -0.25) is 4.79 Å². The summed E-state index contributed by atoms with van der Waals surface area (Å²) in [6, 6.07) is 13.3. The number of fused-ring (bicyclic) bond motifs is 2. The van der Waals surface area contributed by atoms with Crippen LogP contribution in [0.1, 0.15) is 15.9 Å². The van der Waals surface area contributed by atoms with E-state index in [0.717, 1.165) is 22.6 Å². The summed E-state index contributed by atoms with van der Waals surface area (Å²) in [5, 5.41) is 0. The maximum absolute atomic E-state index is 12.4. The van der Waals surface area contributed by atoms with Crippen LogP contribution in [0.15, 0.2) is 42.5 Å².